The molecule has 0 amide bonds. The van der Waals surface area contributed by atoms with Crippen molar-refractivity contribution in [1.82, 2.24) is 24.2 Å². The molecule has 1 aliphatic rings. The highest BCUT2D eigenvalue weighted by Gasteiger charge is 2.23. The SMILES string of the molecule is CC(C)n1c(=O)c2cnc(Nc3ccc4c(c3)CCC(N(C)C)C4)cc2n1-c1ccnc(C(C)(C)O)c1. The first-order valence-electron chi connectivity index (χ1n) is 12.9. The van der Waals surface area contributed by atoms with Crippen molar-refractivity contribution < 1.29 is 5.11 Å². The van der Waals surface area contributed by atoms with Crippen LogP contribution in [0.15, 0.2) is 53.6 Å². The van der Waals surface area contributed by atoms with E-state index in [1.807, 2.05) is 36.7 Å². The van der Waals surface area contributed by atoms with Gasteiger partial charge in [0, 0.05) is 36.2 Å². The minimum absolute atomic E-state index is 0.0818. The van der Waals surface area contributed by atoms with Crippen LogP contribution < -0.4 is 10.9 Å². The largest absolute Gasteiger partial charge is 0.384 e. The van der Waals surface area contributed by atoms with Gasteiger partial charge in [-0.25, -0.2) is 14.3 Å². The molecule has 0 radical (unpaired) electrons. The van der Waals surface area contributed by atoms with Crippen molar-refractivity contribution in [1.29, 1.82) is 0 Å². The fraction of sp³-hybridized carbons (Fsp3) is 0.414. The van der Waals surface area contributed by atoms with Crippen LogP contribution in [0.4, 0.5) is 11.5 Å². The van der Waals surface area contributed by atoms with Crippen molar-refractivity contribution in [2.45, 2.75) is 64.6 Å². The monoisotopic (exact) mass is 500 g/mol. The van der Waals surface area contributed by atoms with E-state index in [4.69, 9.17) is 0 Å². The van der Waals surface area contributed by atoms with Gasteiger partial charge < -0.3 is 15.3 Å². The Kier molecular flexibility index (Phi) is 6.41. The molecule has 0 saturated carbocycles. The third-order valence-electron chi connectivity index (χ3n) is 7.28. The van der Waals surface area contributed by atoms with Crippen molar-refractivity contribution in [3.63, 3.8) is 0 Å². The molecule has 194 valence electrons. The molecule has 3 aromatic heterocycles. The molecule has 4 aromatic rings. The van der Waals surface area contributed by atoms with Crippen molar-refractivity contribution in [2.75, 3.05) is 19.4 Å². The van der Waals surface area contributed by atoms with Crippen LogP contribution in [0.1, 0.15) is 57.0 Å². The molecule has 0 fully saturated rings. The summed E-state index contributed by atoms with van der Waals surface area (Å²) in [5.74, 6) is 0.667. The summed E-state index contributed by atoms with van der Waals surface area (Å²) in [6.45, 7) is 7.37. The first-order chi connectivity index (χ1) is 17.5. The molecular weight excluding hydrogens is 464 g/mol. The van der Waals surface area contributed by atoms with Crippen LogP contribution in [-0.2, 0) is 18.4 Å². The summed E-state index contributed by atoms with van der Waals surface area (Å²) in [6.07, 6.45) is 6.59. The number of aliphatic hydroxyl groups is 1. The van der Waals surface area contributed by atoms with Gasteiger partial charge in [-0.3, -0.25) is 9.78 Å². The number of benzene rings is 1. The molecule has 1 aliphatic carbocycles. The van der Waals surface area contributed by atoms with Gasteiger partial charge in [0.2, 0.25) is 0 Å². The highest BCUT2D eigenvalue weighted by Crippen LogP contribution is 2.29. The van der Waals surface area contributed by atoms with Crippen molar-refractivity contribution >= 4 is 22.4 Å². The molecular formula is C29H36N6O2. The molecule has 2 N–H and O–H groups in total. The standard InChI is InChI=1S/C29H36N6O2/c1-18(2)34-28(36)24-17-31-27(16-25(24)35(34)23-11-12-30-26(15-23)29(3,4)37)32-21-9-7-20-14-22(33(5)6)10-8-19(20)13-21/h7,9,11-13,15-18,22,37H,8,10,14H2,1-6H3,(H,31,32). The number of anilines is 2. The Bertz CT molecular complexity index is 1510. The number of hydrogen-bond acceptors (Lipinski definition) is 6. The van der Waals surface area contributed by atoms with E-state index in [0.717, 1.165) is 36.2 Å². The molecule has 8 nitrogen and oxygen atoms in total. The molecule has 3 heterocycles. The van der Waals surface area contributed by atoms with Gasteiger partial charge >= 0.3 is 0 Å². The van der Waals surface area contributed by atoms with Gasteiger partial charge in [0.15, 0.2) is 0 Å². The summed E-state index contributed by atoms with van der Waals surface area (Å²) in [5, 5.41) is 14.5. The van der Waals surface area contributed by atoms with Crippen molar-refractivity contribution in [3.05, 3.63) is 76.0 Å². The molecule has 0 spiro atoms. The number of likely N-dealkylation sites (N-methyl/N-ethyl adjacent to an activating group) is 1. The Balaban J connectivity index is 1.56. The van der Waals surface area contributed by atoms with Gasteiger partial charge in [-0.1, -0.05) is 6.07 Å². The molecule has 1 atom stereocenters. The number of aromatic nitrogens is 4. The second-order valence-corrected chi connectivity index (χ2v) is 11.1. The highest BCUT2D eigenvalue weighted by molar-refractivity contribution is 5.83. The molecule has 0 bridgehead atoms. The zero-order valence-electron chi connectivity index (χ0n) is 22.5. The Hall–Kier alpha value is -3.49. The predicted molar refractivity (Wildman–Crippen MR) is 148 cm³/mol. The maximum atomic E-state index is 13.4. The number of aryl methyl sites for hydroxylation is 1. The fourth-order valence-electron chi connectivity index (χ4n) is 5.20. The molecule has 1 unspecified atom stereocenters. The van der Waals surface area contributed by atoms with E-state index in [0.29, 0.717) is 22.9 Å². The molecule has 0 aliphatic heterocycles. The van der Waals surface area contributed by atoms with Crippen LogP contribution in [0.5, 0.6) is 0 Å². The van der Waals surface area contributed by atoms with Crippen LogP contribution in [0.2, 0.25) is 0 Å². The van der Waals surface area contributed by atoms with Gasteiger partial charge in [0.1, 0.15) is 11.4 Å². The summed E-state index contributed by atoms with van der Waals surface area (Å²) in [5.41, 5.74) is 4.60. The van der Waals surface area contributed by atoms with Crippen LogP contribution in [-0.4, -0.2) is 49.5 Å². The van der Waals surface area contributed by atoms with Crippen molar-refractivity contribution in [3.8, 4) is 5.69 Å². The lowest BCUT2D eigenvalue weighted by atomic mass is 9.87. The van der Waals surface area contributed by atoms with E-state index in [-0.39, 0.29) is 11.6 Å². The van der Waals surface area contributed by atoms with Gasteiger partial charge in [0.05, 0.1) is 22.3 Å². The quantitative estimate of drug-likeness (QED) is 0.404. The fourth-order valence-corrected chi connectivity index (χ4v) is 5.20. The Morgan fingerprint density at radius 3 is 2.59 bits per heavy atom. The number of fused-ring (bicyclic) bond motifs is 2. The summed E-state index contributed by atoms with van der Waals surface area (Å²) in [7, 11) is 4.30. The third-order valence-corrected chi connectivity index (χ3v) is 7.28. The minimum Gasteiger partial charge on any atom is -0.384 e. The van der Waals surface area contributed by atoms with Crippen LogP contribution in [0.25, 0.3) is 16.6 Å². The maximum Gasteiger partial charge on any atom is 0.276 e. The van der Waals surface area contributed by atoms with Crippen LogP contribution in [0, 0.1) is 0 Å². The second kappa shape index (κ2) is 9.43. The van der Waals surface area contributed by atoms with Gasteiger partial charge in [-0.2, -0.15) is 0 Å². The number of hydrogen-bond donors (Lipinski definition) is 2. The van der Waals surface area contributed by atoms with E-state index in [2.05, 4.69) is 52.5 Å². The minimum atomic E-state index is -1.10. The number of pyridine rings is 2. The average Bonchev–Trinajstić information content (AvgIpc) is 3.15. The number of nitrogens with one attached hydrogen (secondary N) is 1. The number of nitrogens with zero attached hydrogens (tertiary/aromatic N) is 5. The van der Waals surface area contributed by atoms with Crippen LogP contribution in [0.3, 0.4) is 0 Å². The summed E-state index contributed by atoms with van der Waals surface area (Å²) in [4.78, 5) is 24.6. The first-order valence-corrected chi connectivity index (χ1v) is 12.9. The van der Waals surface area contributed by atoms with Crippen LogP contribution >= 0.6 is 0 Å². The van der Waals surface area contributed by atoms with E-state index in [1.54, 1.807) is 30.9 Å². The van der Waals surface area contributed by atoms with Gasteiger partial charge in [-0.05, 0) is 96.4 Å². The smallest absolute Gasteiger partial charge is 0.276 e. The molecule has 8 heteroatoms. The lowest BCUT2D eigenvalue weighted by Gasteiger charge is -2.30. The summed E-state index contributed by atoms with van der Waals surface area (Å²) in [6, 6.07) is 12.6. The first kappa shape index (κ1) is 25.2. The molecule has 0 saturated heterocycles. The Morgan fingerprint density at radius 2 is 1.89 bits per heavy atom. The van der Waals surface area contributed by atoms with Gasteiger partial charge in [0.25, 0.3) is 5.56 Å². The second-order valence-electron chi connectivity index (χ2n) is 11.1. The third kappa shape index (κ3) is 4.79. The average molecular weight is 501 g/mol. The Morgan fingerprint density at radius 1 is 1.11 bits per heavy atom. The van der Waals surface area contributed by atoms with Gasteiger partial charge in [-0.15, -0.1) is 0 Å². The number of rotatable bonds is 6. The highest BCUT2D eigenvalue weighted by atomic mass is 16.3. The lowest BCUT2D eigenvalue weighted by molar-refractivity contribution is 0.0738. The lowest BCUT2D eigenvalue weighted by Crippen LogP contribution is -2.33. The normalized spacial score (nSPS) is 16.0. The van der Waals surface area contributed by atoms with E-state index < -0.39 is 5.60 Å². The topological polar surface area (TPSA) is 88.2 Å². The summed E-state index contributed by atoms with van der Waals surface area (Å²) >= 11 is 0. The molecule has 37 heavy (non-hydrogen) atoms. The maximum absolute atomic E-state index is 13.4. The molecule has 5 rings (SSSR count). The summed E-state index contributed by atoms with van der Waals surface area (Å²) < 4.78 is 3.63. The zero-order chi connectivity index (χ0) is 26.5. The van der Waals surface area contributed by atoms with E-state index in [9.17, 15) is 9.90 Å². The van der Waals surface area contributed by atoms with E-state index >= 15 is 0 Å². The zero-order valence-corrected chi connectivity index (χ0v) is 22.5. The Labute approximate surface area is 217 Å². The predicted octanol–water partition coefficient (Wildman–Crippen LogP) is 4.55. The van der Waals surface area contributed by atoms with Crippen molar-refractivity contribution in [2.24, 2.45) is 0 Å². The molecule has 1 aromatic carbocycles. The van der Waals surface area contributed by atoms with E-state index in [1.165, 1.54) is 11.1 Å².